The lowest BCUT2D eigenvalue weighted by molar-refractivity contribution is -0.123. The third-order valence-electron chi connectivity index (χ3n) is 3.31. The first-order valence-electron chi connectivity index (χ1n) is 4.96. The van der Waals surface area contributed by atoms with E-state index < -0.39 is 0 Å². The van der Waals surface area contributed by atoms with E-state index >= 15 is 0 Å². The average molecular weight is 183 g/mol. The summed E-state index contributed by atoms with van der Waals surface area (Å²) in [5.41, 5.74) is 0.216. The van der Waals surface area contributed by atoms with E-state index in [9.17, 15) is 4.79 Å². The zero-order valence-electron chi connectivity index (χ0n) is 8.21. The fourth-order valence-corrected chi connectivity index (χ4v) is 1.82. The van der Waals surface area contributed by atoms with Crippen molar-refractivity contribution in [1.82, 2.24) is 5.32 Å². The second-order valence-corrected chi connectivity index (χ2v) is 5.04. The van der Waals surface area contributed by atoms with Crippen molar-refractivity contribution in [1.29, 1.82) is 0 Å². The second kappa shape index (κ2) is 2.71. The molecule has 3 heteroatoms. The molecular formula is C10H17NO2. The summed E-state index contributed by atoms with van der Waals surface area (Å²) in [6, 6.07) is 0.258. The molecule has 74 valence electrons. The van der Waals surface area contributed by atoms with Crippen molar-refractivity contribution >= 4 is 5.91 Å². The zero-order valence-corrected chi connectivity index (χ0v) is 8.21. The molecular weight excluding hydrogens is 166 g/mol. The van der Waals surface area contributed by atoms with Gasteiger partial charge in [0, 0.05) is 24.5 Å². The molecule has 1 amide bonds. The van der Waals surface area contributed by atoms with Gasteiger partial charge < -0.3 is 10.4 Å². The minimum absolute atomic E-state index is 0.186. The van der Waals surface area contributed by atoms with E-state index in [-0.39, 0.29) is 29.9 Å². The summed E-state index contributed by atoms with van der Waals surface area (Å²) >= 11 is 0. The fourth-order valence-electron chi connectivity index (χ4n) is 1.82. The molecule has 2 aliphatic rings. The molecule has 0 aromatic heterocycles. The quantitative estimate of drug-likeness (QED) is 0.670. The van der Waals surface area contributed by atoms with Crippen LogP contribution in [0.4, 0.5) is 0 Å². The highest BCUT2D eigenvalue weighted by Gasteiger charge is 2.52. The van der Waals surface area contributed by atoms with Gasteiger partial charge in [-0.05, 0) is 18.3 Å². The number of carbonyl (C=O) groups excluding carboxylic acids is 1. The van der Waals surface area contributed by atoms with E-state index in [0.29, 0.717) is 5.92 Å². The Hall–Kier alpha value is -0.570. The van der Waals surface area contributed by atoms with E-state index in [1.165, 1.54) is 0 Å². The molecule has 2 saturated carbocycles. The monoisotopic (exact) mass is 183 g/mol. The van der Waals surface area contributed by atoms with Crippen LogP contribution in [-0.4, -0.2) is 23.7 Å². The topological polar surface area (TPSA) is 49.3 Å². The molecule has 2 aliphatic carbocycles. The summed E-state index contributed by atoms with van der Waals surface area (Å²) in [5.74, 6) is 0.726. The van der Waals surface area contributed by atoms with E-state index in [0.717, 1.165) is 12.8 Å². The largest absolute Gasteiger partial charge is 0.396 e. The van der Waals surface area contributed by atoms with Crippen molar-refractivity contribution in [3.05, 3.63) is 0 Å². The van der Waals surface area contributed by atoms with Gasteiger partial charge in [0.05, 0.1) is 0 Å². The van der Waals surface area contributed by atoms with Crippen molar-refractivity contribution in [2.75, 3.05) is 6.61 Å². The number of rotatable bonds is 3. The number of aliphatic hydroxyl groups is 1. The van der Waals surface area contributed by atoms with Crippen LogP contribution in [0.15, 0.2) is 0 Å². The average Bonchev–Trinajstić information content (AvgIpc) is 2.89. The van der Waals surface area contributed by atoms with Crippen LogP contribution in [0.5, 0.6) is 0 Å². The van der Waals surface area contributed by atoms with Crippen LogP contribution in [-0.2, 0) is 4.79 Å². The zero-order chi connectivity index (χ0) is 9.64. The summed E-state index contributed by atoms with van der Waals surface area (Å²) in [6.45, 7) is 4.44. The van der Waals surface area contributed by atoms with Crippen LogP contribution in [0.25, 0.3) is 0 Å². The highest BCUT2D eigenvalue weighted by molar-refractivity contribution is 5.82. The molecule has 3 nitrogen and oxygen atoms in total. The summed E-state index contributed by atoms with van der Waals surface area (Å²) in [7, 11) is 0. The van der Waals surface area contributed by atoms with Gasteiger partial charge in [-0.1, -0.05) is 13.8 Å². The Balaban J connectivity index is 1.75. The maximum Gasteiger partial charge on any atom is 0.223 e. The Morgan fingerprint density at radius 3 is 2.62 bits per heavy atom. The van der Waals surface area contributed by atoms with Gasteiger partial charge >= 0.3 is 0 Å². The lowest BCUT2D eigenvalue weighted by atomic mass is 10.1. The maximum absolute atomic E-state index is 11.5. The van der Waals surface area contributed by atoms with Crippen LogP contribution in [0, 0.1) is 17.3 Å². The van der Waals surface area contributed by atoms with Gasteiger partial charge in [0.1, 0.15) is 0 Å². The lowest BCUT2D eigenvalue weighted by Gasteiger charge is -2.05. The van der Waals surface area contributed by atoms with Crippen LogP contribution < -0.4 is 5.32 Å². The molecule has 2 rings (SSSR count). The minimum Gasteiger partial charge on any atom is -0.396 e. The normalized spacial score (nSPS) is 39.8. The fraction of sp³-hybridized carbons (Fsp3) is 0.900. The summed E-state index contributed by atoms with van der Waals surface area (Å²) < 4.78 is 0. The van der Waals surface area contributed by atoms with Crippen molar-refractivity contribution in [2.45, 2.75) is 32.7 Å². The Labute approximate surface area is 78.5 Å². The van der Waals surface area contributed by atoms with Gasteiger partial charge in [-0.2, -0.15) is 0 Å². The van der Waals surface area contributed by atoms with Gasteiger partial charge in [0.2, 0.25) is 5.91 Å². The van der Waals surface area contributed by atoms with Gasteiger partial charge in [-0.3, -0.25) is 4.79 Å². The Kier molecular flexibility index (Phi) is 1.88. The Bertz CT molecular complexity index is 237. The molecule has 0 aromatic rings. The lowest BCUT2D eigenvalue weighted by Crippen LogP contribution is -2.30. The molecule has 3 atom stereocenters. The first-order chi connectivity index (χ1) is 6.04. The highest BCUT2D eigenvalue weighted by atomic mass is 16.3. The maximum atomic E-state index is 11.5. The predicted octanol–water partition coefficient (Wildman–Crippen LogP) is 0.529. The molecule has 2 fully saturated rings. The summed E-state index contributed by atoms with van der Waals surface area (Å²) in [4.78, 5) is 11.5. The first-order valence-corrected chi connectivity index (χ1v) is 4.96. The number of aliphatic hydroxyl groups excluding tert-OH is 1. The number of carbonyl (C=O) groups is 1. The molecule has 0 aliphatic heterocycles. The van der Waals surface area contributed by atoms with E-state index in [1.807, 2.05) is 0 Å². The van der Waals surface area contributed by atoms with Gasteiger partial charge in [0.25, 0.3) is 0 Å². The minimum atomic E-state index is 0.186. The SMILES string of the molecule is CC1(C)CC1C(=O)NC1CC1CO. The Morgan fingerprint density at radius 1 is 1.62 bits per heavy atom. The summed E-state index contributed by atoms with van der Waals surface area (Å²) in [5, 5.41) is 11.8. The van der Waals surface area contributed by atoms with Crippen molar-refractivity contribution < 1.29 is 9.90 Å². The number of hydrogen-bond acceptors (Lipinski definition) is 2. The molecule has 0 heterocycles. The number of amides is 1. The molecule has 13 heavy (non-hydrogen) atoms. The molecule has 3 unspecified atom stereocenters. The number of hydrogen-bond donors (Lipinski definition) is 2. The van der Waals surface area contributed by atoms with Crippen molar-refractivity contribution in [2.24, 2.45) is 17.3 Å². The highest BCUT2D eigenvalue weighted by Crippen LogP contribution is 2.52. The van der Waals surface area contributed by atoms with Crippen LogP contribution in [0.1, 0.15) is 26.7 Å². The van der Waals surface area contributed by atoms with E-state index in [1.54, 1.807) is 0 Å². The number of nitrogens with one attached hydrogen (secondary N) is 1. The van der Waals surface area contributed by atoms with Gasteiger partial charge in [0.15, 0.2) is 0 Å². The predicted molar refractivity (Wildman–Crippen MR) is 49.0 cm³/mol. The third kappa shape index (κ3) is 1.70. The van der Waals surface area contributed by atoms with Crippen molar-refractivity contribution in [3.63, 3.8) is 0 Å². The molecule has 2 N–H and O–H groups in total. The first kappa shape index (κ1) is 9.00. The van der Waals surface area contributed by atoms with Crippen LogP contribution >= 0.6 is 0 Å². The van der Waals surface area contributed by atoms with Crippen molar-refractivity contribution in [3.8, 4) is 0 Å². The van der Waals surface area contributed by atoms with Gasteiger partial charge in [-0.25, -0.2) is 0 Å². The van der Waals surface area contributed by atoms with E-state index in [4.69, 9.17) is 5.11 Å². The molecule has 0 saturated heterocycles. The second-order valence-electron chi connectivity index (χ2n) is 5.04. The molecule has 0 bridgehead atoms. The van der Waals surface area contributed by atoms with Gasteiger partial charge in [-0.15, -0.1) is 0 Å². The smallest absolute Gasteiger partial charge is 0.223 e. The standard InChI is InChI=1S/C10H17NO2/c1-10(2)4-7(10)9(13)11-8-3-6(8)5-12/h6-8,12H,3-5H2,1-2H3,(H,11,13). The molecule has 0 radical (unpaired) electrons. The van der Waals surface area contributed by atoms with Crippen LogP contribution in [0.3, 0.4) is 0 Å². The third-order valence-corrected chi connectivity index (χ3v) is 3.31. The molecule has 0 aromatic carbocycles. The van der Waals surface area contributed by atoms with E-state index in [2.05, 4.69) is 19.2 Å². The molecule has 0 spiro atoms. The Morgan fingerprint density at radius 2 is 2.23 bits per heavy atom. The summed E-state index contributed by atoms with van der Waals surface area (Å²) in [6.07, 6.45) is 1.96. The van der Waals surface area contributed by atoms with Crippen LogP contribution in [0.2, 0.25) is 0 Å².